The van der Waals surface area contributed by atoms with Crippen LogP contribution in [0.4, 0.5) is 5.69 Å². The first-order valence-electron chi connectivity index (χ1n) is 8.83. The van der Waals surface area contributed by atoms with Crippen LogP contribution in [0.2, 0.25) is 0 Å². The van der Waals surface area contributed by atoms with Crippen molar-refractivity contribution >= 4 is 11.6 Å². The van der Waals surface area contributed by atoms with Gasteiger partial charge in [-0.1, -0.05) is 31.9 Å². The molecule has 134 valence electrons. The Morgan fingerprint density at radius 2 is 2.04 bits per heavy atom. The predicted molar refractivity (Wildman–Crippen MR) is 101 cm³/mol. The zero-order valence-corrected chi connectivity index (χ0v) is 15.0. The summed E-state index contributed by atoms with van der Waals surface area (Å²) in [6.45, 7) is 3.65. The molecule has 0 aliphatic rings. The van der Waals surface area contributed by atoms with Gasteiger partial charge in [0.05, 0.1) is 18.4 Å². The van der Waals surface area contributed by atoms with Gasteiger partial charge in [-0.25, -0.2) is 0 Å². The van der Waals surface area contributed by atoms with Crippen LogP contribution in [0, 0.1) is 0 Å². The highest BCUT2D eigenvalue weighted by Gasteiger charge is 2.07. The van der Waals surface area contributed by atoms with Crippen LogP contribution in [-0.2, 0) is 6.42 Å². The summed E-state index contributed by atoms with van der Waals surface area (Å²) in [5.41, 5.74) is 2.59. The summed E-state index contributed by atoms with van der Waals surface area (Å²) in [5, 5.41) is 6.25. The molecule has 5 heteroatoms. The van der Waals surface area contributed by atoms with Crippen molar-refractivity contribution in [2.45, 2.75) is 32.6 Å². The van der Waals surface area contributed by atoms with Gasteiger partial charge in [0, 0.05) is 25.5 Å². The van der Waals surface area contributed by atoms with Gasteiger partial charge in [-0.2, -0.15) is 0 Å². The fraction of sp³-hybridized carbons (Fsp3) is 0.400. The van der Waals surface area contributed by atoms with E-state index in [0.29, 0.717) is 12.1 Å². The number of rotatable bonds is 10. The molecule has 2 aromatic rings. The van der Waals surface area contributed by atoms with Gasteiger partial charge >= 0.3 is 0 Å². The number of carbonyl (C=O) groups excluding carboxylic acids is 1. The number of amides is 1. The van der Waals surface area contributed by atoms with Crippen LogP contribution in [0.1, 0.15) is 42.1 Å². The van der Waals surface area contributed by atoms with Crippen molar-refractivity contribution < 1.29 is 9.53 Å². The average Bonchev–Trinajstić information content (AvgIpc) is 2.65. The zero-order valence-electron chi connectivity index (χ0n) is 15.0. The van der Waals surface area contributed by atoms with Crippen LogP contribution in [0.25, 0.3) is 0 Å². The number of carbonyl (C=O) groups is 1. The van der Waals surface area contributed by atoms with Gasteiger partial charge < -0.3 is 15.4 Å². The number of anilines is 1. The zero-order chi connectivity index (χ0) is 17.9. The Labute approximate surface area is 149 Å². The van der Waals surface area contributed by atoms with Crippen molar-refractivity contribution in [3.05, 3.63) is 53.9 Å². The molecule has 25 heavy (non-hydrogen) atoms. The number of aromatic nitrogens is 1. The Bertz CT molecular complexity index is 673. The number of nitrogens with one attached hydrogen (secondary N) is 2. The third-order valence-corrected chi connectivity index (χ3v) is 3.94. The average molecular weight is 341 g/mol. The monoisotopic (exact) mass is 341 g/mol. The number of hydrogen-bond acceptors (Lipinski definition) is 4. The van der Waals surface area contributed by atoms with Crippen molar-refractivity contribution in [1.82, 2.24) is 10.3 Å². The molecule has 1 aromatic carbocycles. The van der Waals surface area contributed by atoms with E-state index in [4.69, 9.17) is 4.74 Å². The summed E-state index contributed by atoms with van der Waals surface area (Å²) in [6, 6.07) is 9.71. The lowest BCUT2D eigenvalue weighted by molar-refractivity contribution is 0.0954. The van der Waals surface area contributed by atoms with E-state index in [9.17, 15) is 4.79 Å². The molecule has 1 aromatic heterocycles. The third kappa shape index (κ3) is 6.45. The van der Waals surface area contributed by atoms with E-state index >= 15 is 0 Å². The van der Waals surface area contributed by atoms with E-state index in [2.05, 4.69) is 22.5 Å². The summed E-state index contributed by atoms with van der Waals surface area (Å²) in [7, 11) is 1.65. The normalized spacial score (nSPS) is 10.3. The van der Waals surface area contributed by atoms with Gasteiger partial charge in [0.25, 0.3) is 5.91 Å². The molecule has 1 heterocycles. The molecule has 0 saturated heterocycles. The summed E-state index contributed by atoms with van der Waals surface area (Å²) in [5.74, 6) is 0.725. The molecular formula is C20H27N3O2. The first kappa shape index (κ1) is 18.8. The van der Waals surface area contributed by atoms with Crippen LogP contribution in [0.15, 0.2) is 42.7 Å². The number of hydrogen-bond donors (Lipinski definition) is 2. The Balaban J connectivity index is 1.81. The minimum Gasteiger partial charge on any atom is -0.497 e. The quantitative estimate of drug-likeness (QED) is 0.647. The number of ether oxygens (including phenoxy) is 1. The van der Waals surface area contributed by atoms with E-state index in [1.165, 1.54) is 12.8 Å². The smallest absolute Gasteiger partial charge is 0.252 e. The number of methoxy groups -OCH3 is 1. The molecule has 0 aliphatic heterocycles. The van der Waals surface area contributed by atoms with Crippen LogP contribution in [0.3, 0.4) is 0 Å². The highest BCUT2D eigenvalue weighted by Crippen LogP contribution is 2.13. The molecule has 0 fully saturated rings. The molecule has 0 radical (unpaired) electrons. The number of pyridine rings is 1. The molecule has 0 spiro atoms. The molecule has 2 rings (SSSR count). The van der Waals surface area contributed by atoms with Gasteiger partial charge in [-0.05, 0) is 36.6 Å². The lowest BCUT2D eigenvalue weighted by atomic mass is 10.1. The highest BCUT2D eigenvalue weighted by atomic mass is 16.5. The Morgan fingerprint density at radius 3 is 2.84 bits per heavy atom. The summed E-state index contributed by atoms with van der Waals surface area (Å²) in [4.78, 5) is 16.4. The van der Waals surface area contributed by atoms with Crippen molar-refractivity contribution in [1.29, 1.82) is 0 Å². The molecular weight excluding hydrogens is 314 g/mol. The first-order valence-corrected chi connectivity index (χ1v) is 8.83. The number of unbranched alkanes of at least 4 members (excludes halogenated alkanes) is 2. The Kier molecular flexibility index (Phi) is 7.76. The van der Waals surface area contributed by atoms with E-state index in [-0.39, 0.29) is 5.91 Å². The van der Waals surface area contributed by atoms with Crippen LogP contribution in [-0.4, -0.2) is 31.1 Å². The molecule has 5 nitrogen and oxygen atoms in total. The van der Waals surface area contributed by atoms with Gasteiger partial charge in [0.15, 0.2) is 0 Å². The minimum absolute atomic E-state index is 0.104. The van der Waals surface area contributed by atoms with Gasteiger partial charge in [-0.15, -0.1) is 0 Å². The van der Waals surface area contributed by atoms with E-state index in [1.807, 2.05) is 30.3 Å². The fourth-order valence-corrected chi connectivity index (χ4v) is 2.52. The maximum absolute atomic E-state index is 12.3. The second kappa shape index (κ2) is 10.3. The van der Waals surface area contributed by atoms with E-state index in [0.717, 1.165) is 36.4 Å². The van der Waals surface area contributed by atoms with Crippen LogP contribution >= 0.6 is 0 Å². The third-order valence-electron chi connectivity index (χ3n) is 3.94. The van der Waals surface area contributed by atoms with Crippen molar-refractivity contribution in [3.8, 4) is 5.75 Å². The van der Waals surface area contributed by atoms with Gasteiger partial charge in [-0.3, -0.25) is 9.78 Å². The van der Waals surface area contributed by atoms with Crippen LogP contribution < -0.4 is 15.4 Å². The molecule has 0 aliphatic carbocycles. The van der Waals surface area contributed by atoms with Crippen LogP contribution in [0.5, 0.6) is 5.75 Å². The summed E-state index contributed by atoms with van der Waals surface area (Å²) in [6.07, 6.45) is 7.61. The summed E-state index contributed by atoms with van der Waals surface area (Å²) >= 11 is 0. The molecule has 2 N–H and O–H groups in total. The minimum atomic E-state index is -0.104. The topological polar surface area (TPSA) is 63.2 Å². The lowest BCUT2D eigenvalue weighted by Crippen LogP contribution is -2.25. The lowest BCUT2D eigenvalue weighted by Gasteiger charge is -2.09. The fourth-order valence-electron chi connectivity index (χ4n) is 2.52. The number of nitrogens with zero attached hydrogens (tertiary/aromatic N) is 1. The molecule has 1 amide bonds. The molecule has 0 saturated carbocycles. The second-order valence-electron chi connectivity index (χ2n) is 5.95. The highest BCUT2D eigenvalue weighted by molar-refractivity contribution is 5.94. The number of benzene rings is 1. The maximum atomic E-state index is 12.3. The predicted octanol–water partition coefficient (Wildman–Crippen LogP) is 3.66. The SMILES string of the molecule is CCCCCNc1cncc(C(=O)NCCc2cccc(OC)c2)c1. The Hall–Kier alpha value is -2.56. The standard InChI is InChI=1S/C20H27N3O2/c1-3-4-5-10-22-18-13-17(14-21-15-18)20(24)23-11-9-16-7-6-8-19(12-16)25-2/h6-8,12-15,22H,3-5,9-11H2,1-2H3,(H,23,24). The van der Waals surface area contributed by atoms with Crippen molar-refractivity contribution in [3.63, 3.8) is 0 Å². The molecule has 0 atom stereocenters. The van der Waals surface area contributed by atoms with Crippen molar-refractivity contribution in [2.75, 3.05) is 25.5 Å². The summed E-state index contributed by atoms with van der Waals surface area (Å²) < 4.78 is 5.21. The Morgan fingerprint density at radius 1 is 1.16 bits per heavy atom. The largest absolute Gasteiger partial charge is 0.497 e. The second-order valence-corrected chi connectivity index (χ2v) is 5.95. The molecule has 0 bridgehead atoms. The van der Waals surface area contributed by atoms with Gasteiger partial charge in [0.1, 0.15) is 5.75 Å². The first-order chi connectivity index (χ1) is 12.2. The van der Waals surface area contributed by atoms with Gasteiger partial charge in [0.2, 0.25) is 0 Å². The molecule has 0 unspecified atom stereocenters. The van der Waals surface area contributed by atoms with Crippen molar-refractivity contribution in [2.24, 2.45) is 0 Å². The van der Waals surface area contributed by atoms with E-state index < -0.39 is 0 Å². The van der Waals surface area contributed by atoms with E-state index in [1.54, 1.807) is 19.5 Å². The maximum Gasteiger partial charge on any atom is 0.252 e.